The van der Waals surface area contributed by atoms with E-state index in [9.17, 15) is 4.79 Å². The van der Waals surface area contributed by atoms with Crippen LogP contribution < -0.4 is 11.1 Å². The maximum Gasteiger partial charge on any atom is 0.250 e. The Morgan fingerprint density at radius 3 is 2.85 bits per heavy atom. The Kier molecular flexibility index (Phi) is 3.59. The number of benzene rings is 2. The Morgan fingerprint density at radius 1 is 1.30 bits per heavy atom. The van der Waals surface area contributed by atoms with Crippen molar-refractivity contribution in [2.45, 2.75) is 10.9 Å². The van der Waals surface area contributed by atoms with Crippen molar-refractivity contribution in [1.29, 1.82) is 0 Å². The van der Waals surface area contributed by atoms with Gasteiger partial charge < -0.3 is 11.1 Å². The minimum atomic E-state index is -0.511. The van der Waals surface area contributed by atoms with Crippen LogP contribution in [0.5, 0.6) is 0 Å². The number of amides is 1. The van der Waals surface area contributed by atoms with E-state index in [0.29, 0.717) is 10.6 Å². The average Bonchev–Trinajstić information content (AvgIpc) is 2.82. The first-order valence-corrected chi connectivity index (χ1v) is 7.59. The minimum Gasteiger partial charge on any atom is -0.377 e. The number of anilines is 1. The normalized spacial score (nSPS) is 16.8. The molecule has 1 heterocycles. The largest absolute Gasteiger partial charge is 0.377 e. The van der Waals surface area contributed by atoms with Crippen LogP contribution in [0.2, 0.25) is 5.02 Å². The first kappa shape index (κ1) is 13.3. The number of halogens is 1. The Labute approximate surface area is 126 Å². The van der Waals surface area contributed by atoms with Crippen LogP contribution in [0.15, 0.2) is 47.4 Å². The van der Waals surface area contributed by atoms with E-state index in [0.717, 1.165) is 11.4 Å². The fraction of sp³-hybridized carbons (Fsp3) is 0.133. The number of carbonyl (C=O) groups is 1. The lowest BCUT2D eigenvalue weighted by Crippen LogP contribution is -2.13. The molecule has 0 bridgehead atoms. The lowest BCUT2D eigenvalue weighted by atomic mass is 10.1. The number of nitrogens with two attached hydrogens (primary N) is 1. The first-order valence-electron chi connectivity index (χ1n) is 6.23. The molecule has 3 rings (SSSR count). The molecule has 1 amide bonds. The molecule has 0 aromatic heterocycles. The topological polar surface area (TPSA) is 55.1 Å². The maximum absolute atomic E-state index is 11.2. The highest BCUT2D eigenvalue weighted by Gasteiger charge is 2.22. The number of nitrogens with one attached hydrogen (secondary N) is 1. The summed E-state index contributed by atoms with van der Waals surface area (Å²) < 4.78 is 0. The second kappa shape index (κ2) is 5.38. The van der Waals surface area contributed by atoms with Gasteiger partial charge in [0.1, 0.15) is 0 Å². The van der Waals surface area contributed by atoms with E-state index in [4.69, 9.17) is 17.3 Å². The molecule has 0 saturated heterocycles. The molecular weight excluding hydrogens is 292 g/mol. The van der Waals surface area contributed by atoms with Gasteiger partial charge in [-0.05, 0) is 29.8 Å². The van der Waals surface area contributed by atoms with Crippen LogP contribution in [0.3, 0.4) is 0 Å². The fourth-order valence-electron chi connectivity index (χ4n) is 2.29. The van der Waals surface area contributed by atoms with E-state index in [1.54, 1.807) is 12.1 Å². The summed E-state index contributed by atoms with van der Waals surface area (Å²) >= 11 is 7.90. The van der Waals surface area contributed by atoms with E-state index in [1.165, 1.54) is 10.5 Å². The van der Waals surface area contributed by atoms with Crippen molar-refractivity contribution in [2.24, 2.45) is 5.73 Å². The number of hydrogen-bond donors (Lipinski definition) is 2. The van der Waals surface area contributed by atoms with Crippen molar-refractivity contribution >= 4 is 35.0 Å². The molecule has 2 aromatic carbocycles. The van der Waals surface area contributed by atoms with Crippen molar-refractivity contribution in [2.75, 3.05) is 11.1 Å². The molecule has 1 aliphatic heterocycles. The SMILES string of the molecule is NC(=O)c1ccc(NC2CSc3ccccc32)cc1Cl. The van der Waals surface area contributed by atoms with Crippen LogP contribution >= 0.6 is 23.4 Å². The van der Waals surface area contributed by atoms with Crippen LogP contribution in [0.4, 0.5) is 5.69 Å². The zero-order valence-electron chi connectivity index (χ0n) is 10.6. The Balaban J connectivity index is 1.83. The molecule has 1 aliphatic rings. The second-order valence-electron chi connectivity index (χ2n) is 4.60. The summed E-state index contributed by atoms with van der Waals surface area (Å²) in [6.45, 7) is 0. The van der Waals surface area contributed by atoms with E-state index in [2.05, 4.69) is 17.4 Å². The molecule has 0 saturated carbocycles. The molecule has 0 fully saturated rings. The molecule has 20 heavy (non-hydrogen) atoms. The van der Waals surface area contributed by atoms with Gasteiger partial charge in [-0.15, -0.1) is 11.8 Å². The molecular formula is C15H13ClN2OS. The third-order valence-electron chi connectivity index (χ3n) is 3.28. The number of carbonyl (C=O) groups excluding carboxylic acids is 1. The van der Waals surface area contributed by atoms with E-state index in [-0.39, 0.29) is 6.04 Å². The molecule has 0 radical (unpaired) electrons. The number of thioether (sulfide) groups is 1. The van der Waals surface area contributed by atoms with Crippen molar-refractivity contribution in [3.63, 3.8) is 0 Å². The van der Waals surface area contributed by atoms with Gasteiger partial charge in [0.15, 0.2) is 0 Å². The molecule has 3 nitrogen and oxygen atoms in total. The van der Waals surface area contributed by atoms with Gasteiger partial charge in [0.25, 0.3) is 0 Å². The highest BCUT2D eigenvalue weighted by Crippen LogP contribution is 2.39. The summed E-state index contributed by atoms with van der Waals surface area (Å²) in [7, 11) is 0. The highest BCUT2D eigenvalue weighted by molar-refractivity contribution is 7.99. The molecule has 3 N–H and O–H groups in total. The summed E-state index contributed by atoms with van der Waals surface area (Å²) in [4.78, 5) is 12.5. The molecule has 1 unspecified atom stereocenters. The molecule has 102 valence electrons. The van der Waals surface area contributed by atoms with E-state index in [1.807, 2.05) is 30.0 Å². The Morgan fingerprint density at radius 2 is 2.10 bits per heavy atom. The highest BCUT2D eigenvalue weighted by atomic mass is 35.5. The maximum atomic E-state index is 11.2. The van der Waals surface area contributed by atoms with Gasteiger partial charge in [0.2, 0.25) is 5.91 Å². The fourth-order valence-corrected chi connectivity index (χ4v) is 3.72. The van der Waals surface area contributed by atoms with Gasteiger partial charge in [0, 0.05) is 16.3 Å². The molecule has 5 heteroatoms. The quantitative estimate of drug-likeness (QED) is 0.909. The summed E-state index contributed by atoms with van der Waals surface area (Å²) in [6.07, 6.45) is 0. The Bertz CT molecular complexity index is 675. The van der Waals surface area contributed by atoms with E-state index >= 15 is 0 Å². The van der Waals surface area contributed by atoms with Crippen molar-refractivity contribution in [3.8, 4) is 0 Å². The molecule has 0 spiro atoms. The standard InChI is InChI=1S/C15H13ClN2OS/c16-12-7-9(5-6-10(12)15(17)19)18-13-8-20-14-4-2-1-3-11(13)14/h1-7,13,18H,8H2,(H2,17,19). The third kappa shape index (κ3) is 2.49. The van der Waals surface area contributed by atoms with Gasteiger partial charge in [-0.1, -0.05) is 29.8 Å². The zero-order valence-corrected chi connectivity index (χ0v) is 12.2. The second-order valence-corrected chi connectivity index (χ2v) is 6.07. The lowest BCUT2D eigenvalue weighted by molar-refractivity contribution is 0.100. The van der Waals surface area contributed by atoms with Crippen LogP contribution in [0.1, 0.15) is 22.0 Å². The van der Waals surface area contributed by atoms with Gasteiger partial charge in [-0.25, -0.2) is 0 Å². The number of primary amides is 1. The van der Waals surface area contributed by atoms with Gasteiger partial charge in [0.05, 0.1) is 16.6 Å². The van der Waals surface area contributed by atoms with Crippen molar-refractivity contribution in [1.82, 2.24) is 0 Å². The lowest BCUT2D eigenvalue weighted by Gasteiger charge is -2.15. The summed E-state index contributed by atoms with van der Waals surface area (Å²) in [5, 5.41) is 3.82. The summed E-state index contributed by atoms with van der Waals surface area (Å²) in [6, 6.07) is 13.8. The van der Waals surface area contributed by atoms with Crippen LogP contribution in [0, 0.1) is 0 Å². The van der Waals surface area contributed by atoms with Crippen LogP contribution in [-0.2, 0) is 0 Å². The predicted octanol–water partition coefficient (Wildman–Crippen LogP) is 3.70. The van der Waals surface area contributed by atoms with Crippen molar-refractivity contribution < 1.29 is 4.79 Å². The van der Waals surface area contributed by atoms with Crippen molar-refractivity contribution in [3.05, 3.63) is 58.6 Å². The van der Waals surface area contributed by atoms with Gasteiger partial charge in [-0.2, -0.15) is 0 Å². The van der Waals surface area contributed by atoms with E-state index < -0.39 is 5.91 Å². The minimum absolute atomic E-state index is 0.256. The first-order chi connectivity index (χ1) is 9.65. The smallest absolute Gasteiger partial charge is 0.250 e. The molecule has 1 atom stereocenters. The predicted molar refractivity (Wildman–Crippen MR) is 83.5 cm³/mol. The number of fused-ring (bicyclic) bond motifs is 1. The van der Waals surface area contributed by atoms with Gasteiger partial charge in [-0.3, -0.25) is 4.79 Å². The van der Waals surface area contributed by atoms with Crippen LogP contribution in [-0.4, -0.2) is 11.7 Å². The zero-order chi connectivity index (χ0) is 14.1. The van der Waals surface area contributed by atoms with Crippen LogP contribution in [0.25, 0.3) is 0 Å². The summed E-state index contributed by atoms with van der Waals surface area (Å²) in [5.41, 5.74) is 7.78. The molecule has 2 aromatic rings. The average molecular weight is 305 g/mol. The third-order valence-corrected chi connectivity index (χ3v) is 4.77. The number of hydrogen-bond acceptors (Lipinski definition) is 3. The summed E-state index contributed by atoms with van der Waals surface area (Å²) in [5.74, 6) is 0.470. The molecule has 0 aliphatic carbocycles. The monoisotopic (exact) mass is 304 g/mol. The number of rotatable bonds is 3. The van der Waals surface area contributed by atoms with Gasteiger partial charge >= 0.3 is 0 Å². The Hall–Kier alpha value is -1.65.